The maximum absolute atomic E-state index is 5.29. The molecule has 0 aliphatic heterocycles. The summed E-state index contributed by atoms with van der Waals surface area (Å²) in [5.41, 5.74) is 15.1. The average Bonchev–Trinajstić information content (AvgIpc) is 3.68. The molecule has 0 saturated heterocycles. The van der Waals surface area contributed by atoms with E-state index in [1.54, 1.807) is 0 Å². The normalized spacial score (nSPS) is 13.2. The molecule has 0 saturated carbocycles. The van der Waals surface area contributed by atoms with Crippen molar-refractivity contribution in [3.8, 4) is 50.6 Å². The van der Waals surface area contributed by atoms with Crippen LogP contribution in [-0.2, 0) is 5.41 Å². The van der Waals surface area contributed by atoms with Gasteiger partial charge in [-0.1, -0.05) is 147 Å². The van der Waals surface area contributed by atoms with E-state index in [9.17, 15) is 0 Å². The highest BCUT2D eigenvalue weighted by Gasteiger charge is 2.37. The van der Waals surface area contributed by atoms with Gasteiger partial charge >= 0.3 is 0 Å². The number of hydrogen-bond donors (Lipinski definition) is 0. The minimum Gasteiger partial charge on any atom is -0.292 e. The fraction of sp³-hybridized carbons (Fsp3) is 0.0638. The van der Waals surface area contributed by atoms with E-state index in [2.05, 4.69) is 170 Å². The van der Waals surface area contributed by atoms with Crippen LogP contribution in [0.4, 0.5) is 0 Å². The molecule has 2 heterocycles. The maximum atomic E-state index is 5.29. The van der Waals surface area contributed by atoms with Crippen molar-refractivity contribution < 1.29 is 0 Å². The zero-order valence-electron chi connectivity index (χ0n) is 27.9. The summed E-state index contributed by atoms with van der Waals surface area (Å²) in [7, 11) is 0. The topological polar surface area (TPSA) is 30.7 Å². The molecule has 1 aliphatic rings. The predicted octanol–water partition coefficient (Wildman–Crippen LogP) is 12.0. The Morgan fingerprint density at radius 3 is 1.90 bits per heavy atom. The molecule has 0 bridgehead atoms. The van der Waals surface area contributed by atoms with E-state index >= 15 is 0 Å². The Morgan fingerprint density at radius 2 is 1.10 bits per heavy atom. The molecular weight excluding hydrogens is 607 g/mol. The highest BCUT2D eigenvalue weighted by Crippen LogP contribution is 2.53. The number of imidazole rings is 1. The predicted molar refractivity (Wildman–Crippen MR) is 208 cm³/mol. The van der Waals surface area contributed by atoms with Crippen LogP contribution >= 0.6 is 0 Å². The van der Waals surface area contributed by atoms with Crippen LogP contribution in [-0.4, -0.2) is 14.5 Å². The lowest BCUT2D eigenvalue weighted by molar-refractivity contribution is 0.666. The van der Waals surface area contributed by atoms with Gasteiger partial charge in [0, 0.05) is 33.0 Å². The molecule has 50 heavy (non-hydrogen) atoms. The maximum Gasteiger partial charge on any atom is 0.145 e. The smallest absolute Gasteiger partial charge is 0.145 e. The summed E-state index contributed by atoms with van der Waals surface area (Å²) in [5.74, 6) is 0.942. The summed E-state index contributed by atoms with van der Waals surface area (Å²) in [4.78, 5) is 10.3. The lowest BCUT2D eigenvalue weighted by Crippen LogP contribution is -2.15. The SMILES string of the molecule is CC1(C)c2ccccc2-c2ccc3c(-c4ccc(-c5ccc(-n6c(-c7ccccc7)nc7ccccc76)cc5)cc4)nc4ccccc4c3c21. The van der Waals surface area contributed by atoms with Crippen LogP contribution in [0.1, 0.15) is 25.0 Å². The Bertz CT molecular complexity index is 2750. The van der Waals surface area contributed by atoms with E-state index in [1.807, 2.05) is 12.1 Å². The summed E-state index contributed by atoms with van der Waals surface area (Å²) < 4.78 is 2.25. The van der Waals surface area contributed by atoms with Gasteiger partial charge in [-0.15, -0.1) is 0 Å². The monoisotopic (exact) mass is 639 g/mol. The number of pyridine rings is 1. The first-order valence-electron chi connectivity index (χ1n) is 17.3. The molecule has 1 aliphatic carbocycles. The summed E-state index contributed by atoms with van der Waals surface area (Å²) >= 11 is 0. The zero-order chi connectivity index (χ0) is 33.4. The van der Waals surface area contributed by atoms with Gasteiger partial charge in [-0.05, 0) is 69.1 Å². The van der Waals surface area contributed by atoms with Crippen molar-refractivity contribution in [3.05, 3.63) is 175 Å². The molecule has 0 amide bonds. The van der Waals surface area contributed by atoms with E-state index in [4.69, 9.17) is 9.97 Å². The van der Waals surface area contributed by atoms with Crippen LogP contribution in [0.15, 0.2) is 164 Å². The van der Waals surface area contributed by atoms with Crippen molar-refractivity contribution >= 4 is 32.7 Å². The zero-order valence-corrected chi connectivity index (χ0v) is 27.9. The fourth-order valence-electron chi connectivity index (χ4n) is 8.23. The number of fused-ring (bicyclic) bond motifs is 8. The molecule has 0 unspecified atom stereocenters. The first-order chi connectivity index (χ1) is 24.6. The van der Waals surface area contributed by atoms with Gasteiger partial charge in [0.2, 0.25) is 0 Å². The molecule has 0 fully saturated rings. The van der Waals surface area contributed by atoms with Crippen molar-refractivity contribution in [2.45, 2.75) is 19.3 Å². The van der Waals surface area contributed by atoms with E-state index in [0.717, 1.165) is 44.9 Å². The van der Waals surface area contributed by atoms with Crippen molar-refractivity contribution in [2.75, 3.05) is 0 Å². The Kier molecular flexibility index (Phi) is 6.22. The molecule has 2 aromatic heterocycles. The molecule has 236 valence electrons. The second-order valence-corrected chi connectivity index (χ2v) is 13.8. The largest absolute Gasteiger partial charge is 0.292 e. The third-order valence-corrected chi connectivity index (χ3v) is 10.6. The first-order valence-corrected chi connectivity index (χ1v) is 17.3. The minimum atomic E-state index is -0.117. The Balaban J connectivity index is 1.06. The summed E-state index contributed by atoms with van der Waals surface area (Å²) in [5, 5.41) is 3.72. The molecular formula is C47H33N3. The molecule has 0 radical (unpaired) electrons. The summed E-state index contributed by atoms with van der Waals surface area (Å²) in [6, 6.07) is 58.5. The number of hydrogen-bond acceptors (Lipinski definition) is 2. The lowest BCUT2D eigenvalue weighted by Gasteiger charge is -2.24. The minimum absolute atomic E-state index is 0.117. The second-order valence-electron chi connectivity index (χ2n) is 13.8. The molecule has 0 spiro atoms. The molecule has 0 atom stereocenters. The van der Waals surface area contributed by atoms with Gasteiger partial charge in [0.25, 0.3) is 0 Å². The van der Waals surface area contributed by atoms with Gasteiger partial charge in [-0.2, -0.15) is 0 Å². The van der Waals surface area contributed by atoms with Crippen molar-refractivity contribution in [3.63, 3.8) is 0 Å². The van der Waals surface area contributed by atoms with Crippen LogP contribution in [0.5, 0.6) is 0 Å². The fourth-order valence-corrected chi connectivity index (χ4v) is 8.23. The second kappa shape index (κ2) is 10.8. The number of aromatic nitrogens is 3. The van der Waals surface area contributed by atoms with Crippen LogP contribution in [0.25, 0.3) is 83.3 Å². The van der Waals surface area contributed by atoms with E-state index in [1.165, 1.54) is 49.5 Å². The standard InChI is InChI=1S/C47H33N3/c1-47(2)39-16-8-6-14-35(39)36-28-29-38-43(44(36)47)37-15-7-9-17-40(37)48-45(38)32-22-20-30(21-23-32)31-24-26-34(27-25-31)50-42-19-11-10-18-41(42)49-46(50)33-12-4-3-5-13-33/h3-29H,1-2H3. The Hall–Kier alpha value is -6.32. The number of rotatable bonds is 4. The van der Waals surface area contributed by atoms with Crippen molar-refractivity contribution in [2.24, 2.45) is 0 Å². The van der Waals surface area contributed by atoms with Gasteiger partial charge in [-0.25, -0.2) is 9.97 Å². The van der Waals surface area contributed by atoms with Gasteiger partial charge in [0.1, 0.15) is 5.82 Å². The Morgan fingerprint density at radius 1 is 0.460 bits per heavy atom. The van der Waals surface area contributed by atoms with Gasteiger partial charge < -0.3 is 0 Å². The number of nitrogens with zero attached hydrogens (tertiary/aromatic N) is 3. The van der Waals surface area contributed by atoms with E-state index in [0.29, 0.717) is 0 Å². The van der Waals surface area contributed by atoms with Gasteiger partial charge in [0.05, 0.1) is 22.2 Å². The molecule has 9 aromatic rings. The first kappa shape index (κ1) is 28.7. The third kappa shape index (κ3) is 4.23. The highest BCUT2D eigenvalue weighted by molar-refractivity contribution is 6.15. The average molecular weight is 640 g/mol. The number of para-hydroxylation sites is 3. The summed E-state index contributed by atoms with van der Waals surface area (Å²) in [6.07, 6.45) is 0. The van der Waals surface area contributed by atoms with Crippen LogP contribution in [0.2, 0.25) is 0 Å². The van der Waals surface area contributed by atoms with Crippen molar-refractivity contribution in [1.29, 1.82) is 0 Å². The van der Waals surface area contributed by atoms with Crippen molar-refractivity contribution in [1.82, 2.24) is 14.5 Å². The van der Waals surface area contributed by atoms with Gasteiger partial charge in [-0.3, -0.25) is 4.57 Å². The lowest BCUT2D eigenvalue weighted by atomic mass is 9.79. The number of benzene rings is 7. The quantitative estimate of drug-likeness (QED) is 0.179. The molecule has 0 N–H and O–H groups in total. The van der Waals surface area contributed by atoms with Gasteiger partial charge in [0.15, 0.2) is 0 Å². The highest BCUT2D eigenvalue weighted by atomic mass is 15.1. The molecule has 7 aromatic carbocycles. The van der Waals surface area contributed by atoms with E-state index in [-0.39, 0.29) is 5.41 Å². The summed E-state index contributed by atoms with van der Waals surface area (Å²) in [6.45, 7) is 4.73. The Labute approximate surface area is 291 Å². The molecule has 3 nitrogen and oxygen atoms in total. The van der Waals surface area contributed by atoms with Crippen LogP contribution < -0.4 is 0 Å². The van der Waals surface area contributed by atoms with E-state index < -0.39 is 0 Å². The molecule has 10 rings (SSSR count). The van der Waals surface area contributed by atoms with Crippen LogP contribution in [0.3, 0.4) is 0 Å². The van der Waals surface area contributed by atoms with Crippen LogP contribution in [0, 0.1) is 0 Å². The third-order valence-electron chi connectivity index (χ3n) is 10.6. The molecule has 3 heteroatoms.